The summed E-state index contributed by atoms with van der Waals surface area (Å²) >= 11 is 0. The van der Waals surface area contributed by atoms with Crippen LogP contribution >= 0.6 is 0 Å². The molecule has 5 heteroatoms. The van der Waals surface area contributed by atoms with Crippen molar-refractivity contribution in [2.45, 2.75) is 38.1 Å². The lowest BCUT2D eigenvalue weighted by molar-refractivity contribution is -0.148. The molecule has 1 saturated heterocycles. The first kappa shape index (κ1) is 16.4. The van der Waals surface area contributed by atoms with Crippen LogP contribution in [0, 0.1) is 17.8 Å². The SMILES string of the molecule is COC(=O)[C@@H]1CCN(C(=O)N[C@@H]2[C@@H]3CCc4ccccc4[C@H]32)C[C@@H]1C. The number of methoxy groups -OCH3 is 1. The Morgan fingerprint density at radius 3 is 2.80 bits per heavy atom. The normalized spacial score (nSPS) is 33.0. The molecule has 0 aromatic heterocycles. The van der Waals surface area contributed by atoms with Crippen LogP contribution < -0.4 is 5.32 Å². The number of amides is 2. The van der Waals surface area contributed by atoms with Crippen molar-refractivity contribution < 1.29 is 14.3 Å². The van der Waals surface area contributed by atoms with Gasteiger partial charge in [0.05, 0.1) is 13.0 Å². The van der Waals surface area contributed by atoms with E-state index in [9.17, 15) is 9.59 Å². The first-order valence-electron chi connectivity index (χ1n) is 9.31. The number of nitrogens with one attached hydrogen (secondary N) is 1. The van der Waals surface area contributed by atoms with Crippen LogP contribution in [0.25, 0.3) is 0 Å². The second-order valence-corrected chi connectivity index (χ2v) is 7.74. The minimum atomic E-state index is -0.155. The van der Waals surface area contributed by atoms with Crippen LogP contribution in [0.3, 0.4) is 0 Å². The zero-order chi connectivity index (χ0) is 17.6. The van der Waals surface area contributed by atoms with Gasteiger partial charge < -0.3 is 15.0 Å². The van der Waals surface area contributed by atoms with Gasteiger partial charge in [-0.15, -0.1) is 0 Å². The average molecular weight is 342 g/mol. The zero-order valence-corrected chi connectivity index (χ0v) is 14.9. The van der Waals surface area contributed by atoms with E-state index in [2.05, 4.69) is 29.6 Å². The highest BCUT2D eigenvalue weighted by atomic mass is 16.5. The number of piperidine rings is 1. The van der Waals surface area contributed by atoms with E-state index in [-0.39, 0.29) is 29.9 Å². The van der Waals surface area contributed by atoms with Crippen LogP contribution in [0.1, 0.15) is 36.8 Å². The van der Waals surface area contributed by atoms with Crippen LogP contribution in [0.2, 0.25) is 0 Å². The van der Waals surface area contributed by atoms with Crippen molar-refractivity contribution in [1.29, 1.82) is 0 Å². The third kappa shape index (κ3) is 2.90. The quantitative estimate of drug-likeness (QED) is 0.841. The molecule has 5 atom stereocenters. The minimum Gasteiger partial charge on any atom is -0.469 e. The maximum atomic E-state index is 12.7. The Labute approximate surface area is 148 Å². The van der Waals surface area contributed by atoms with Crippen LogP contribution in [0.5, 0.6) is 0 Å². The van der Waals surface area contributed by atoms with Gasteiger partial charge >= 0.3 is 12.0 Å². The summed E-state index contributed by atoms with van der Waals surface area (Å²) in [6.45, 7) is 3.26. The zero-order valence-electron chi connectivity index (χ0n) is 14.9. The predicted molar refractivity (Wildman–Crippen MR) is 94.2 cm³/mol. The molecule has 1 saturated carbocycles. The molecule has 2 fully saturated rings. The second kappa shape index (κ2) is 6.36. The molecule has 1 aromatic carbocycles. The lowest BCUT2D eigenvalue weighted by atomic mass is 9.87. The van der Waals surface area contributed by atoms with E-state index in [1.807, 2.05) is 11.8 Å². The molecule has 4 rings (SSSR count). The number of rotatable bonds is 2. The van der Waals surface area contributed by atoms with Crippen molar-refractivity contribution in [2.75, 3.05) is 20.2 Å². The van der Waals surface area contributed by atoms with E-state index >= 15 is 0 Å². The van der Waals surface area contributed by atoms with Gasteiger partial charge in [-0.25, -0.2) is 4.79 Å². The molecule has 1 heterocycles. The molecule has 2 amide bonds. The topological polar surface area (TPSA) is 58.6 Å². The fourth-order valence-corrected chi connectivity index (χ4v) is 4.83. The number of nitrogens with zero attached hydrogens (tertiary/aromatic N) is 1. The highest BCUT2D eigenvalue weighted by molar-refractivity contribution is 5.77. The van der Waals surface area contributed by atoms with Gasteiger partial charge in [0.1, 0.15) is 0 Å². The van der Waals surface area contributed by atoms with Gasteiger partial charge in [-0.05, 0) is 42.2 Å². The number of likely N-dealkylation sites (tertiary alicyclic amines) is 1. The Hall–Kier alpha value is -2.04. The molecule has 2 aliphatic carbocycles. The Morgan fingerprint density at radius 1 is 1.24 bits per heavy atom. The summed E-state index contributed by atoms with van der Waals surface area (Å²) in [4.78, 5) is 26.3. The first-order valence-corrected chi connectivity index (χ1v) is 9.31. The van der Waals surface area contributed by atoms with Gasteiger partial charge in [0.15, 0.2) is 0 Å². The van der Waals surface area contributed by atoms with E-state index in [1.54, 1.807) is 0 Å². The number of urea groups is 1. The Bertz CT molecular complexity index is 689. The molecule has 1 aliphatic heterocycles. The second-order valence-electron chi connectivity index (χ2n) is 7.74. The molecule has 0 bridgehead atoms. The summed E-state index contributed by atoms with van der Waals surface area (Å²) < 4.78 is 4.87. The highest BCUT2D eigenvalue weighted by Gasteiger charge is 2.54. The number of carbonyl (C=O) groups excluding carboxylic acids is 2. The number of fused-ring (bicyclic) bond motifs is 3. The number of aryl methyl sites for hydroxylation is 1. The third-order valence-corrected chi connectivity index (χ3v) is 6.32. The minimum absolute atomic E-state index is 0.0204. The van der Waals surface area contributed by atoms with E-state index < -0.39 is 0 Å². The first-order chi connectivity index (χ1) is 12.1. The number of carbonyl (C=O) groups is 2. The lowest BCUT2D eigenvalue weighted by Gasteiger charge is -2.35. The van der Waals surface area contributed by atoms with Crippen LogP contribution in [0.4, 0.5) is 4.79 Å². The van der Waals surface area contributed by atoms with Crippen molar-refractivity contribution in [1.82, 2.24) is 10.2 Å². The summed E-state index contributed by atoms with van der Waals surface area (Å²) in [6, 6.07) is 8.90. The van der Waals surface area contributed by atoms with Gasteiger partial charge in [-0.3, -0.25) is 4.79 Å². The highest BCUT2D eigenvalue weighted by Crippen LogP contribution is 2.54. The Morgan fingerprint density at radius 2 is 2.04 bits per heavy atom. The van der Waals surface area contributed by atoms with Crippen molar-refractivity contribution in [2.24, 2.45) is 17.8 Å². The smallest absolute Gasteiger partial charge is 0.317 e. The summed E-state index contributed by atoms with van der Waals surface area (Å²) in [5.41, 5.74) is 2.86. The van der Waals surface area contributed by atoms with Gasteiger partial charge in [0, 0.05) is 25.0 Å². The van der Waals surface area contributed by atoms with Crippen LogP contribution in [-0.4, -0.2) is 43.1 Å². The molecule has 0 spiro atoms. The van der Waals surface area contributed by atoms with Crippen LogP contribution in [0.15, 0.2) is 24.3 Å². The lowest BCUT2D eigenvalue weighted by Crippen LogP contribution is -2.49. The molecule has 0 unspecified atom stereocenters. The van der Waals surface area contributed by atoms with E-state index in [4.69, 9.17) is 4.74 Å². The van der Waals surface area contributed by atoms with Gasteiger partial charge in [0.2, 0.25) is 0 Å². The molecular weight excluding hydrogens is 316 g/mol. The van der Waals surface area contributed by atoms with Crippen LogP contribution in [-0.2, 0) is 16.0 Å². The maximum absolute atomic E-state index is 12.7. The third-order valence-electron chi connectivity index (χ3n) is 6.32. The predicted octanol–water partition coefficient (Wildman–Crippen LogP) is 2.56. The number of hydrogen-bond donors (Lipinski definition) is 1. The summed E-state index contributed by atoms with van der Waals surface area (Å²) in [5, 5.41) is 3.26. The molecule has 0 radical (unpaired) electrons. The maximum Gasteiger partial charge on any atom is 0.317 e. The fourth-order valence-electron chi connectivity index (χ4n) is 4.83. The number of esters is 1. The van der Waals surface area contributed by atoms with Crippen molar-refractivity contribution in [3.63, 3.8) is 0 Å². The van der Waals surface area contributed by atoms with Crippen molar-refractivity contribution >= 4 is 12.0 Å². The van der Waals surface area contributed by atoms with Crippen molar-refractivity contribution in [3.05, 3.63) is 35.4 Å². The number of hydrogen-bond acceptors (Lipinski definition) is 3. The Balaban J connectivity index is 1.36. The standard InChI is InChI=1S/C20H26N2O3/c1-12-11-22(10-9-14(12)19(23)25-2)20(24)21-18-16-8-7-13-5-3-4-6-15(13)17(16)18/h3-6,12,14,16-18H,7-11H2,1-2H3,(H,21,24)/t12-,14+,16+,17+,18+/m0/s1. The molecule has 5 nitrogen and oxygen atoms in total. The number of ether oxygens (including phenoxy) is 1. The van der Waals surface area contributed by atoms with E-state index in [0.29, 0.717) is 31.3 Å². The molecule has 1 N–H and O–H groups in total. The fraction of sp³-hybridized carbons (Fsp3) is 0.600. The average Bonchev–Trinajstić information content (AvgIpc) is 3.34. The molecule has 134 valence electrons. The molecule has 1 aromatic rings. The van der Waals surface area contributed by atoms with E-state index in [0.717, 1.165) is 12.8 Å². The molecule has 25 heavy (non-hydrogen) atoms. The van der Waals surface area contributed by atoms with Gasteiger partial charge in [-0.1, -0.05) is 31.2 Å². The number of benzene rings is 1. The monoisotopic (exact) mass is 342 g/mol. The summed E-state index contributed by atoms with van der Waals surface area (Å²) in [7, 11) is 1.43. The largest absolute Gasteiger partial charge is 0.469 e. The summed E-state index contributed by atoms with van der Waals surface area (Å²) in [6.07, 6.45) is 2.96. The summed E-state index contributed by atoms with van der Waals surface area (Å²) in [5.74, 6) is 0.957. The van der Waals surface area contributed by atoms with E-state index in [1.165, 1.54) is 18.2 Å². The van der Waals surface area contributed by atoms with Gasteiger partial charge in [0.25, 0.3) is 0 Å². The van der Waals surface area contributed by atoms with Gasteiger partial charge in [-0.2, -0.15) is 0 Å². The Kier molecular flexibility index (Phi) is 4.18. The van der Waals surface area contributed by atoms with Crippen molar-refractivity contribution in [3.8, 4) is 0 Å². The molecule has 3 aliphatic rings. The molecular formula is C20H26N2O3.